The quantitative estimate of drug-likeness (QED) is 0.628. The summed E-state index contributed by atoms with van der Waals surface area (Å²) in [6.07, 6.45) is 0.510. The highest BCUT2D eigenvalue weighted by Gasteiger charge is 2.29. The zero-order valence-corrected chi connectivity index (χ0v) is 10.9. The molecule has 18 heavy (non-hydrogen) atoms. The maximum atomic E-state index is 11.7. The Hall–Kier alpha value is -1.53. The highest BCUT2D eigenvalue weighted by atomic mass is 35.5. The molecule has 0 spiro atoms. The van der Waals surface area contributed by atoms with Crippen molar-refractivity contribution in [3.8, 4) is 0 Å². The number of amides is 1. The lowest BCUT2D eigenvalue weighted by Crippen LogP contribution is -2.23. The first-order valence-electron chi connectivity index (χ1n) is 5.18. The standard InChI is InChI=1S/C11H11ClN4OS/c12-7-4-2-1-3-6(7)5-8-9(17)15-11(18-8)16-10(13)14/h1-4,8H,5H2,(H4,13,14,15,16,17)/t8-/m1/s1. The molecule has 2 rings (SSSR count). The Bertz CT molecular complexity index is 540. The second kappa shape index (κ2) is 5.41. The van der Waals surface area contributed by atoms with Gasteiger partial charge in [0.05, 0.1) is 5.25 Å². The predicted molar refractivity (Wildman–Crippen MR) is 74.8 cm³/mol. The van der Waals surface area contributed by atoms with Gasteiger partial charge in [0.25, 0.3) is 5.91 Å². The van der Waals surface area contributed by atoms with Crippen molar-refractivity contribution in [1.29, 1.82) is 0 Å². The molecule has 1 aliphatic rings. The summed E-state index contributed by atoms with van der Waals surface area (Å²) >= 11 is 7.29. The van der Waals surface area contributed by atoms with Gasteiger partial charge in [0.1, 0.15) is 0 Å². The van der Waals surface area contributed by atoms with Crippen LogP contribution < -0.4 is 11.5 Å². The number of rotatable bonds is 2. The van der Waals surface area contributed by atoms with Gasteiger partial charge in [0, 0.05) is 5.02 Å². The van der Waals surface area contributed by atoms with Crippen molar-refractivity contribution < 1.29 is 4.79 Å². The van der Waals surface area contributed by atoms with Crippen molar-refractivity contribution in [3.63, 3.8) is 0 Å². The number of carbonyl (C=O) groups is 1. The largest absolute Gasteiger partial charge is 0.370 e. The summed E-state index contributed by atoms with van der Waals surface area (Å²) < 4.78 is 0. The van der Waals surface area contributed by atoms with Crippen LogP contribution in [0.1, 0.15) is 5.56 Å². The molecule has 1 heterocycles. The van der Waals surface area contributed by atoms with Crippen molar-refractivity contribution in [2.75, 3.05) is 0 Å². The van der Waals surface area contributed by atoms with Gasteiger partial charge in [-0.2, -0.15) is 9.98 Å². The lowest BCUT2D eigenvalue weighted by Gasteiger charge is -2.07. The minimum atomic E-state index is -0.317. The number of hydrogen-bond acceptors (Lipinski definition) is 3. The number of nitrogens with two attached hydrogens (primary N) is 2. The maximum absolute atomic E-state index is 11.7. The number of benzene rings is 1. The Kier molecular flexibility index (Phi) is 3.88. The van der Waals surface area contributed by atoms with Gasteiger partial charge in [0.15, 0.2) is 11.1 Å². The molecule has 0 fully saturated rings. The van der Waals surface area contributed by atoms with Crippen molar-refractivity contribution in [2.45, 2.75) is 11.7 Å². The fourth-order valence-corrected chi connectivity index (χ4v) is 2.71. The van der Waals surface area contributed by atoms with E-state index in [-0.39, 0.29) is 17.1 Å². The van der Waals surface area contributed by atoms with Crippen molar-refractivity contribution in [3.05, 3.63) is 34.9 Å². The molecule has 0 aliphatic carbocycles. The molecule has 0 bridgehead atoms. The number of halogens is 1. The normalized spacial score (nSPS) is 18.6. The molecule has 1 aromatic rings. The predicted octanol–water partition coefficient (Wildman–Crippen LogP) is 1.15. The zero-order valence-electron chi connectivity index (χ0n) is 9.34. The fourth-order valence-electron chi connectivity index (χ4n) is 1.52. The molecule has 0 aromatic heterocycles. The summed E-state index contributed by atoms with van der Waals surface area (Å²) in [6.45, 7) is 0. The van der Waals surface area contributed by atoms with E-state index in [9.17, 15) is 4.79 Å². The highest BCUT2D eigenvalue weighted by Crippen LogP contribution is 2.28. The summed E-state index contributed by atoms with van der Waals surface area (Å²) in [7, 11) is 0. The molecule has 1 aromatic carbocycles. The third-order valence-electron chi connectivity index (χ3n) is 2.32. The van der Waals surface area contributed by atoms with Gasteiger partial charge in [-0.25, -0.2) is 0 Å². The first-order valence-corrected chi connectivity index (χ1v) is 6.44. The molecule has 94 valence electrons. The fraction of sp³-hybridized carbons (Fsp3) is 0.182. The maximum Gasteiger partial charge on any atom is 0.262 e. The van der Waals surface area contributed by atoms with Crippen LogP contribution in [0.25, 0.3) is 0 Å². The lowest BCUT2D eigenvalue weighted by atomic mass is 10.1. The highest BCUT2D eigenvalue weighted by molar-refractivity contribution is 8.15. The Labute approximate surface area is 113 Å². The molecule has 1 atom stereocenters. The lowest BCUT2D eigenvalue weighted by molar-refractivity contribution is -0.117. The van der Waals surface area contributed by atoms with Crippen molar-refractivity contribution in [1.82, 2.24) is 0 Å². The molecule has 5 nitrogen and oxygen atoms in total. The number of hydrogen-bond donors (Lipinski definition) is 2. The van der Waals surface area contributed by atoms with Gasteiger partial charge >= 0.3 is 0 Å². The van der Waals surface area contributed by atoms with Gasteiger partial charge in [0.2, 0.25) is 0 Å². The number of thioether (sulfide) groups is 1. The van der Waals surface area contributed by atoms with Crippen molar-refractivity contribution >= 4 is 40.4 Å². The summed E-state index contributed by atoms with van der Waals surface area (Å²) in [5, 5.41) is 0.626. The molecule has 7 heteroatoms. The zero-order chi connectivity index (χ0) is 13.1. The van der Waals surface area contributed by atoms with Gasteiger partial charge in [-0.1, -0.05) is 41.6 Å². The molecule has 1 amide bonds. The van der Waals surface area contributed by atoms with E-state index >= 15 is 0 Å². The number of amidine groups is 1. The van der Waals surface area contributed by atoms with E-state index in [4.69, 9.17) is 23.1 Å². The molecule has 0 unspecified atom stereocenters. The minimum absolute atomic E-state index is 0.104. The average Bonchev–Trinajstić information content (AvgIpc) is 2.61. The van der Waals surface area contributed by atoms with E-state index in [1.165, 1.54) is 11.8 Å². The number of guanidine groups is 1. The average molecular weight is 283 g/mol. The molecular formula is C11H11ClN4OS. The SMILES string of the molecule is NC(N)=NC1=NC(=O)[C@@H](Cc2ccccc2Cl)S1. The number of aliphatic imine (C=N–C) groups is 2. The third-order valence-corrected chi connectivity index (χ3v) is 3.73. The Morgan fingerprint density at radius 3 is 2.83 bits per heavy atom. The van der Waals surface area contributed by atoms with E-state index in [1.54, 1.807) is 6.07 Å². The molecule has 0 saturated heterocycles. The smallest absolute Gasteiger partial charge is 0.262 e. The molecule has 0 saturated carbocycles. The van der Waals surface area contributed by atoms with Crippen molar-refractivity contribution in [2.24, 2.45) is 21.5 Å². The molecule has 1 aliphatic heterocycles. The van der Waals surface area contributed by atoms with Gasteiger partial charge < -0.3 is 11.5 Å². The molecule has 0 radical (unpaired) electrons. The van der Waals surface area contributed by atoms with Crippen LogP contribution in [0.2, 0.25) is 5.02 Å². The van der Waals surface area contributed by atoms with E-state index in [2.05, 4.69) is 9.98 Å². The first kappa shape index (κ1) is 12.9. The van der Waals surface area contributed by atoms with Crippen LogP contribution in [0.15, 0.2) is 34.3 Å². The van der Waals surface area contributed by atoms with Gasteiger partial charge in [-0.3, -0.25) is 4.79 Å². The van der Waals surface area contributed by atoms with E-state index in [0.29, 0.717) is 16.6 Å². The van der Waals surface area contributed by atoms with Crippen LogP contribution in [0.5, 0.6) is 0 Å². The molecular weight excluding hydrogens is 272 g/mol. The van der Waals surface area contributed by atoms with Gasteiger partial charge in [-0.15, -0.1) is 0 Å². The van der Waals surface area contributed by atoms with Crippen LogP contribution >= 0.6 is 23.4 Å². The Morgan fingerprint density at radius 2 is 2.17 bits per heavy atom. The third kappa shape index (κ3) is 3.02. The number of nitrogens with zero attached hydrogens (tertiary/aromatic N) is 2. The van der Waals surface area contributed by atoms with Crippen LogP contribution in [0.3, 0.4) is 0 Å². The van der Waals surface area contributed by atoms with E-state index < -0.39 is 0 Å². The van der Waals surface area contributed by atoms with Crippen LogP contribution in [-0.2, 0) is 11.2 Å². The second-order valence-electron chi connectivity index (χ2n) is 3.67. The summed E-state index contributed by atoms with van der Waals surface area (Å²) in [6, 6.07) is 7.40. The summed E-state index contributed by atoms with van der Waals surface area (Å²) in [4.78, 5) is 19.2. The van der Waals surface area contributed by atoms with Crippen LogP contribution in [0, 0.1) is 0 Å². The number of carbonyl (C=O) groups excluding carboxylic acids is 1. The van der Waals surface area contributed by atoms with Gasteiger partial charge in [-0.05, 0) is 18.1 Å². The van der Waals surface area contributed by atoms with Crippen LogP contribution in [-0.4, -0.2) is 22.3 Å². The topological polar surface area (TPSA) is 93.8 Å². The summed E-state index contributed by atoms with van der Waals surface area (Å²) in [5.74, 6) is -0.340. The minimum Gasteiger partial charge on any atom is -0.370 e. The Balaban J connectivity index is 2.08. The Morgan fingerprint density at radius 1 is 1.44 bits per heavy atom. The first-order chi connectivity index (χ1) is 8.56. The molecule has 4 N–H and O–H groups in total. The van der Waals surface area contributed by atoms with Crippen LogP contribution in [0.4, 0.5) is 0 Å². The second-order valence-corrected chi connectivity index (χ2v) is 5.25. The van der Waals surface area contributed by atoms with E-state index in [1.807, 2.05) is 18.2 Å². The van der Waals surface area contributed by atoms with E-state index in [0.717, 1.165) is 5.56 Å². The monoisotopic (exact) mass is 282 g/mol. The summed E-state index contributed by atoms with van der Waals surface area (Å²) in [5.41, 5.74) is 11.4.